The highest BCUT2D eigenvalue weighted by Gasteiger charge is 2.05. The smallest absolute Gasteiger partial charge is 0.251 e. The number of hydrogen-bond donors (Lipinski definition) is 2. The van der Waals surface area contributed by atoms with Crippen molar-refractivity contribution in [3.63, 3.8) is 0 Å². The van der Waals surface area contributed by atoms with E-state index in [0.29, 0.717) is 12.1 Å². The van der Waals surface area contributed by atoms with E-state index in [9.17, 15) is 9.90 Å². The molecule has 4 heteroatoms. The normalized spacial score (nSPS) is 10.1. The van der Waals surface area contributed by atoms with Crippen LogP contribution in [0.1, 0.15) is 15.9 Å². The van der Waals surface area contributed by atoms with Crippen molar-refractivity contribution in [3.05, 3.63) is 59.7 Å². The number of aromatic hydroxyl groups is 1. The molecule has 0 fully saturated rings. The van der Waals surface area contributed by atoms with E-state index in [1.54, 1.807) is 12.1 Å². The molecule has 0 aliphatic heterocycles. The molecule has 2 aromatic rings. The van der Waals surface area contributed by atoms with Crippen LogP contribution in [0.3, 0.4) is 0 Å². The minimum atomic E-state index is -0.153. The fourth-order valence-electron chi connectivity index (χ4n) is 1.84. The molecule has 20 heavy (non-hydrogen) atoms. The lowest BCUT2D eigenvalue weighted by Crippen LogP contribution is -2.22. The van der Waals surface area contributed by atoms with Gasteiger partial charge in [-0.05, 0) is 42.0 Å². The molecule has 2 aromatic carbocycles. The van der Waals surface area contributed by atoms with Gasteiger partial charge in [-0.25, -0.2) is 0 Å². The number of nitrogens with one attached hydrogen (secondary N) is 1. The van der Waals surface area contributed by atoms with Crippen molar-refractivity contribution in [2.24, 2.45) is 0 Å². The summed E-state index contributed by atoms with van der Waals surface area (Å²) in [6.45, 7) is 0.474. The van der Waals surface area contributed by atoms with E-state index in [4.69, 9.17) is 0 Å². The van der Waals surface area contributed by atoms with Crippen LogP contribution in [0.25, 0.3) is 0 Å². The Hall–Kier alpha value is -2.49. The average molecular weight is 270 g/mol. The van der Waals surface area contributed by atoms with Gasteiger partial charge in [0.2, 0.25) is 0 Å². The predicted molar refractivity (Wildman–Crippen MR) is 80.0 cm³/mol. The van der Waals surface area contributed by atoms with Gasteiger partial charge in [0.1, 0.15) is 5.75 Å². The largest absolute Gasteiger partial charge is 0.508 e. The summed E-state index contributed by atoms with van der Waals surface area (Å²) in [4.78, 5) is 14.0. The van der Waals surface area contributed by atoms with Crippen molar-refractivity contribution < 1.29 is 9.90 Å². The second-order valence-electron chi connectivity index (χ2n) is 4.79. The van der Waals surface area contributed by atoms with Gasteiger partial charge < -0.3 is 15.3 Å². The number of benzene rings is 2. The van der Waals surface area contributed by atoms with E-state index in [1.807, 2.05) is 43.3 Å². The quantitative estimate of drug-likeness (QED) is 0.897. The maximum absolute atomic E-state index is 11.9. The molecule has 0 aromatic heterocycles. The third kappa shape index (κ3) is 3.51. The zero-order valence-corrected chi connectivity index (χ0v) is 11.6. The van der Waals surface area contributed by atoms with Crippen LogP contribution in [-0.2, 0) is 6.54 Å². The lowest BCUT2D eigenvalue weighted by Gasteiger charge is -2.14. The van der Waals surface area contributed by atoms with Crippen molar-refractivity contribution in [1.82, 2.24) is 5.32 Å². The van der Waals surface area contributed by atoms with Crippen LogP contribution >= 0.6 is 0 Å². The summed E-state index contributed by atoms with van der Waals surface area (Å²) in [5, 5.41) is 12.1. The molecule has 0 aliphatic rings. The summed E-state index contributed by atoms with van der Waals surface area (Å²) in [5.41, 5.74) is 2.68. The van der Waals surface area contributed by atoms with Crippen LogP contribution in [0.4, 0.5) is 5.69 Å². The fourth-order valence-corrected chi connectivity index (χ4v) is 1.84. The Bertz CT molecular complexity index is 592. The summed E-state index contributed by atoms with van der Waals surface area (Å²) in [7, 11) is 3.96. The minimum absolute atomic E-state index is 0.153. The Labute approximate surface area is 118 Å². The molecule has 0 radical (unpaired) electrons. The molecule has 1 amide bonds. The highest BCUT2D eigenvalue weighted by atomic mass is 16.3. The Morgan fingerprint density at radius 1 is 1.15 bits per heavy atom. The molecule has 0 unspecified atom stereocenters. The Kier molecular flexibility index (Phi) is 4.25. The van der Waals surface area contributed by atoms with Gasteiger partial charge in [0.15, 0.2) is 0 Å². The van der Waals surface area contributed by atoms with Gasteiger partial charge in [0, 0.05) is 31.9 Å². The summed E-state index contributed by atoms with van der Waals surface area (Å²) < 4.78 is 0. The molecular formula is C16H18N2O2. The first-order valence-corrected chi connectivity index (χ1v) is 6.40. The minimum Gasteiger partial charge on any atom is -0.508 e. The molecule has 0 heterocycles. The zero-order chi connectivity index (χ0) is 14.5. The molecule has 2 rings (SSSR count). The van der Waals surface area contributed by atoms with Gasteiger partial charge in [-0.3, -0.25) is 4.79 Å². The van der Waals surface area contributed by atoms with Gasteiger partial charge in [0.05, 0.1) is 0 Å². The van der Waals surface area contributed by atoms with Crippen molar-refractivity contribution in [1.29, 1.82) is 0 Å². The second-order valence-corrected chi connectivity index (χ2v) is 4.79. The number of anilines is 1. The number of amides is 1. The van der Waals surface area contributed by atoms with Crippen molar-refractivity contribution in [2.75, 3.05) is 19.0 Å². The van der Waals surface area contributed by atoms with Crippen LogP contribution < -0.4 is 10.2 Å². The third-order valence-electron chi connectivity index (χ3n) is 3.01. The maximum atomic E-state index is 11.9. The molecule has 0 atom stereocenters. The molecule has 104 valence electrons. The maximum Gasteiger partial charge on any atom is 0.251 e. The average Bonchev–Trinajstić information content (AvgIpc) is 2.46. The summed E-state index contributed by atoms with van der Waals surface area (Å²) in [6.07, 6.45) is 0. The lowest BCUT2D eigenvalue weighted by atomic mass is 10.1. The predicted octanol–water partition coefficient (Wildman–Crippen LogP) is 2.39. The Morgan fingerprint density at radius 2 is 1.85 bits per heavy atom. The number of phenols is 1. The molecule has 0 aliphatic carbocycles. The van der Waals surface area contributed by atoms with E-state index in [0.717, 1.165) is 11.3 Å². The third-order valence-corrected chi connectivity index (χ3v) is 3.01. The van der Waals surface area contributed by atoms with Gasteiger partial charge in [-0.1, -0.05) is 12.1 Å². The molecule has 4 nitrogen and oxygen atoms in total. The van der Waals surface area contributed by atoms with Crippen molar-refractivity contribution >= 4 is 11.6 Å². The standard InChI is InChI=1S/C16H18N2O2/c1-18(2)14-5-3-4-12(10-14)11-17-16(20)13-6-8-15(19)9-7-13/h3-10,19H,11H2,1-2H3,(H,17,20). The number of phenolic OH excluding ortho intramolecular Hbond substituents is 1. The van der Waals surface area contributed by atoms with Crippen LogP contribution in [0.2, 0.25) is 0 Å². The first kappa shape index (κ1) is 13.9. The van der Waals surface area contributed by atoms with E-state index < -0.39 is 0 Å². The van der Waals surface area contributed by atoms with Gasteiger partial charge in [-0.15, -0.1) is 0 Å². The highest BCUT2D eigenvalue weighted by molar-refractivity contribution is 5.94. The first-order valence-electron chi connectivity index (χ1n) is 6.40. The van der Waals surface area contributed by atoms with Crippen molar-refractivity contribution in [3.8, 4) is 5.75 Å². The van der Waals surface area contributed by atoms with Crippen LogP contribution in [0.15, 0.2) is 48.5 Å². The zero-order valence-electron chi connectivity index (χ0n) is 11.6. The molecule has 2 N–H and O–H groups in total. The summed E-state index contributed by atoms with van der Waals surface area (Å²) >= 11 is 0. The summed E-state index contributed by atoms with van der Waals surface area (Å²) in [5.74, 6) is 0.000454. The molecule has 0 bridgehead atoms. The van der Waals surface area contributed by atoms with Gasteiger partial charge >= 0.3 is 0 Å². The number of nitrogens with zero attached hydrogens (tertiary/aromatic N) is 1. The van der Waals surface area contributed by atoms with Crippen LogP contribution in [-0.4, -0.2) is 25.1 Å². The number of carbonyl (C=O) groups excluding carboxylic acids is 1. The number of hydrogen-bond acceptors (Lipinski definition) is 3. The Morgan fingerprint density at radius 3 is 2.50 bits per heavy atom. The highest BCUT2D eigenvalue weighted by Crippen LogP contribution is 2.14. The molecular weight excluding hydrogens is 252 g/mol. The SMILES string of the molecule is CN(C)c1cccc(CNC(=O)c2ccc(O)cc2)c1. The van der Waals surface area contributed by atoms with Crippen LogP contribution in [0.5, 0.6) is 5.75 Å². The van der Waals surface area contributed by atoms with Gasteiger partial charge in [-0.2, -0.15) is 0 Å². The van der Waals surface area contributed by atoms with E-state index >= 15 is 0 Å². The van der Waals surface area contributed by atoms with E-state index in [2.05, 4.69) is 5.32 Å². The fraction of sp³-hybridized carbons (Fsp3) is 0.188. The van der Waals surface area contributed by atoms with Crippen molar-refractivity contribution in [2.45, 2.75) is 6.54 Å². The topological polar surface area (TPSA) is 52.6 Å². The Balaban J connectivity index is 1.99. The van der Waals surface area contributed by atoms with Gasteiger partial charge in [0.25, 0.3) is 5.91 Å². The number of carbonyl (C=O) groups is 1. The van der Waals surface area contributed by atoms with E-state index in [-0.39, 0.29) is 11.7 Å². The second kappa shape index (κ2) is 6.10. The lowest BCUT2D eigenvalue weighted by molar-refractivity contribution is 0.0951. The van der Waals surface area contributed by atoms with Crippen LogP contribution in [0, 0.1) is 0 Å². The first-order chi connectivity index (χ1) is 9.56. The molecule has 0 spiro atoms. The molecule has 0 saturated carbocycles. The monoisotopic (exact) mass is 270 g/mol. The summed E-state index contributed by atoms with van der Waals surface area (Å²) in [6, 6.07) is 14.2. The number of rotatable bonds is 4. The van der Waals surface area contributed by atoms with E-state index in [1.165, 1.54) is 12.1 Å². The molecule has 0 saturated heterocycles.